The lowest BCUT2D eigenvalue weighted by atomic mass is 10.2. The molecule has 0 spiro atoms. The molecule has 38 heavy (non-hydrogen) atoms. The Labute approximate surface area is 230 Å². The lowest BCUT2D eigenvalue weighted by molar-refractivity contribution is -0.118. The van der Waals surface area contributed by atoms with Gasteiger partial charge in [-0.05, 0) is 67.4 Å². The van der Waals surface area contributed by atoms with Crippen molar-refractivity contribution in [1.82, 2.24) is 5.43 Å². The molecular formula is C27H27Cl2N3O6. The van der Waals surface area contributed by atoms with Gasteiger partial charge in [0.15, 0.2) is 29.6 Å². The van der Waals surface area contributed by atoms with Gasteiger partial charge in [-0.3, -0.25) is 9.59 Å². The number of anilines is 1. The van der Waals surface area contributed by atoms with Gasteiger partial charge in [-0.15, -0.1) is 0 Å². The van der Waals surface area contributed by atoms with E-state index in [0.29, 0.717) is 39.9 Å². The fraction of sp³-hybridized carbons (Fsp3) is 0.222. The summed E-state index contributed by atoms with van der Waals surface area (Å²) in [5.41, 5.74) is 4.77. The Morgan fingerprint density at radius 2 is 1.68 bits per heavy atom. The molecule has 0 fully saturated rings. The molecule has 2 N–H and O–H groups in total. The number of hydrogen-bond donors (Lipinski definition) is 2. The topological polar surface area (TPSA) is 107 Å². The summed E-state index contributed by atoms with van der Waals surface area (Å²) in [7, 11) is 2.96. The van der Waals surface area contributed by atoms with E-state index in [9.17, 15) is 9.59 Å². The molecule has 0 aliphatic carbocycles. The molecule has 3 aromatic carbocycles. The number of halogens is 2. The van der Waals surface area contributed by atoms with Crippen LogP contribution in [0.4, 0.5) is 5.69 Å². The smallest absolute Gasteiger partial charge is 0.271 e. The van der Waals surface area contributed by atoms with Crippen molar-refractivity contribution in [3.8, 4) is 23.0 Å². The van der Waals surface area contributed by atoms with E-state index in [1.807, 2.05) is 13.8 Å². The first-order chi connectivity index (χ1) is 18.2. The van der Waals surface area contributed by atoms with E-state index >= 15 is 0 Å². The van der Waals surface area contributed by atoms with Gasteiger partial charge in [-0.2, -0.15) is 5.10 Å². The van der Waals surface area contributed by atoms with Gasteiger partial charge in [0, 0.05) is 16.3 Å². The van der Waals surface area contributed by atoms with Crippen LogP contribution in [0, 0.1) is 6.92 Å². The zero-order chi connectivity index (χ0) is 27.7. The SMILES string of the molecule is CCOc1cc(C(=O)N/N=C/c2cc(Cl)c(OCC(=O)Nc3ccc(C)c(Cl)c3)c(OC)c2)ccc1OC. The molecule has 9 nitrogen and oxygen atoms in total. The standard InChI is InChI=1S/C27H27Cl2N3O6/c1-5-37-23-12-18(7-9-22(23)35-3)27(34)32-30-14-17-10-21(29)26(24(11-17)36-4)38-15-25(33)31-19-8-6-16(2)20(28)13-19/h6-14H,5,15H2,1-4H3,(H,31,33)(H,32,34)/b30-14+. The number of aryl methyl sites for hydroxylation is 1. The molecule has 0 aliphatic rings. The summed E-state index contributed by atoms with van der Waals surface area (Å²) in [5, 5.41) is 7.44. The van der Waals surface area contributed by atoms with E-state index < -0.39 is 11.8 Å². The molecule has 0 unspecified atom stereocenters. The second-order valence-corrected chi connectivity index (χ2v) is 8.65. The van der Waals surface area contributed by atoms with Gasteiger partial charge in [0.25, 0.3) is 11.8 Å². The number of nitrogens with zero attached hydrogens (tertiary/aromatic N) is 1. The van der Waals surface area contributed by atoms with E-state index in [1.165, 1.54) is 20.4 Å². The highest BCUT2D eigenvalue weighted by Crippen LogP contribution is 2.36. The lowest BCUT2D eigenvalue weighted by Crippen LogP contribution is -2.20. The summed E-state index contributed by atoms with van der Waals surface area (Å²) >= 11 is 12.5. The normalized spacial score (nSPS) is 10.7. The van der Waals surface area contributed by atoms with Crippen molar-refractivity contribution in [2.45, 2.75) is 13.8 Å². The number of amides is 2. The fourth-order valence-corrected chi connectivity index (χ4v) is 3.73. The third kappa shape index (κ3) is 7.53. The highest BCUT2D eigenvalue weighted by Gasteiger charge is 2.15. The van der Waals surface area contributed by atoms with Crippen molar-refractivity contribution in [2.75, 3.05) is 32.8 Å². The van der Waals surface area contributed by atoms with Gasteiger partial charge >= 0.3 is 0 Å². The predicted octanol–water partition coefficient (Wildman–Crippen LogP) is 5.50. The molecule has 0 radical (unpaired) electrons. The molecule has 3 aromatic rings. The number of ether oxygens (including phenoxy) is 4. The van der Waals surface area contributed by atoms with Crippen LogP contribution in [0.1, 0.15) is 28.4 Å². The van der Waals surface area contributed by atoms with E-state index in [4.69, 9.17) is 42.1 Å². The van der Waals surface area contributed by atoms with Crippen LogP contribution in [0.2, 0.25) is 10.0 Å². The average Bonchev–Trinajstić information content (AvgIpc) is 2.90. The van der Waals surface area contributed by atoms with Crippen molar-refractivity contribution in [3.05, 3.63) is 75.3 Å². The van der Waals surface area contributed by atoms with E-state index in [-0.39, 0.29) is 23.1 Å². The molecule has 200 valence electrons. The number of carbonyl (C=O) groups is 2. The van der Waals surface area contributed by atoms with Crippen molar-refractivity contribution in [2.24, 2.45) is 5.10 Å². The molecule has 0 bridgehead atoms. The first-order valence-corrected chi connectivity index (χ1v) is 12.2. The fourth-order valence-electron chi connectivity index (χ4n) is 3.28. The van der Waals surface area contributed by atoms with Crippen LogP contribution in [0.25, 0.3) is 0 Å². The molecular weight excluding hydrogens is 533 g/mol. The van der Waals surface area contributed by atoms with E-state index in [1.54, 1.807) is 48.5 Å². The van der Waals surface area contributed by atoms with Crippen LogP contribution >= 0.6 is 23.2 Å². The number of hydrogen-bond acceptors (Lipinski definition) is 7. The highest BCUT2D eigenvalue weighted by molar-refractivity contribution is 6.32. The van der Waals surface area contributed by atoms with Gasteiger partial charge in [-0.25, -0.2) is 5.43 Å². The molecule has 0 saturated heterocycles. The Morgan fingerprint density at radius 1 is 0.921 bits per heavy atom. The van der Waals surface area contributed by atoms with Crippen LogP contribution in [0.5, 0.6) is 23.0 Å². The molecule has 0 aliphatic heterocycles. The number of nitrogens with one attached hydrogen (secondary N) is 2. The Morgan fingerprint density at radius 3 is 2.37 bits per heavy atom. The molecule has 3 rings (SSSR count). The molecule has 0 saturated carbocycles. The third-order valence-corrected chi connectivity index (χ3v) is 5.85. The third-order valence-electron chi connectivity index (χ3n) is 5.16. The number of hydrazone groups is 1. The molecule has 0 aromatic heterocycles. The summed E-state index contributed by atoms with van der Waals surface area (Å²) in [6.07, 6.45) is 1.40. The number of methoxy groups -OCH3 is 2. The minimum absolute atomic E-state index is 0.189. The van der Waals surface area contributed by atoms with Gasteiger partial charge in [-0.1, -0.05) is 29.3 Å². The van der Waals surface area contributed by atoms with Crippen molar-refractivity contribution < 1.29 is 28.5 Å². The maximum atomic E-state index is 12.5. The van der Waals surface area contributed by atoms with Crippen LogP contribution in [-0.2, 0) is 4.79 Å². The first-order valence-electron chi connectivity index (χ1n) is 11.5. The van der Waals surface area contributed by atoms with Gasteiger partial charge < -0.3 is 24.3 Å². The Balaban J connectivity index is 1.64. The maximum absolute atomic E-state index is 12.5. The Kier molecular flexibility index (Phi) is 10.2. The minimum atomic E-state index is -0.441. The molecule has 0 atom stereocenters. The largest absolute Gasteiger partial charge is 0.493 e. The summed E-state index contributed by atoms with van der Waals surface area (Å²) in [5.74, 6) is 0.608. The van der Waals surface area contributed by atoms with Gasteiger partial charge in [0.05, 0.1) is 32.1 Å². The monoisotopic (exact) mass is 559 g/mol. The average molecular weight is 560 g/mol. The molecule has 11 heteroatoms. The second kappa shape index (κ2) is 13.6. The van der Waals surface area contributed by atoms with Crippen molar-refractivity contribution >= 4 is 46.9 Å². The summed E-state index contributed by atoms with van der Waals surface area (Å²) in [4.78, 5) is 24.8. The number of rotatable bonds is 11. The van der Waals surface area contributed by atoms with Gasteiger partial charge in [0.2, 0.25) is 0 Å². The summed E-state index contributed by atoms with van der Waals surface area (Å²) in [6, 6.07) is 13.2. The highest BCUT2D eigenvalue weighted by atomic mass is 35.5. The minimum Gasteiger partial charge on any atom is -0.493 e. The van der Waals surface area contributed by atoms with Crippen LogP contribution < -0.4 is 29.7 Å². The van der Waals surface area contributed by atoms with Gasteiger partial charge in [0.1, 0.15) is 0 Å². The lowest BCUT2D eigenvalue weighted by Gasteiger charge is -2.13. The first kappa shape index (κ1) is 28.6. The predicted molar refractivity (Wildman–Crippen MR) is 148 cm³/mol. The Hall–Kier alpha value is -3.95. The summed E-state index contributed by atoms with van der Waals surface area (Å²) in [6.45, 7) is 3.82. The molecule has 2 amide bonds. The van der Waals surface area contributed by atoms with Crippen LogP contribution in [0.3, 0.4) is 0 Å². The van der Waals surface area contributed by atoms with Crippen LogP contribution in [-0.4, -0.2) is 45.5 Å². The van der Waals surface area contributed by atoms with Crippen molar-refractivity contribution in [3.63, 3.8) is 0 Å². The van der Waals surface area contributed by atoms with Crippen molar-refractivity contribution in [1.29, 1.82) is 0 Å². The van der Waals surface area contributed by atoms with E-state index in [2.05, 4.69) is 15.8 Å². The number of carbonyl (C=O) groups excluding carboxylic acids is 2. The second-order valence-electron chi connectivity index (χ2n) is 7.83. The maximum Gasteiger partial charge on any atom is 0.271 e. The Bertz CT molecular complexity index is 1350. The zero-order valence-electron chi connectivity index (χ0n) is 21.3. The van der Waals surface area contributed by atoms with E-state index in [0.717, 1.165) is 5.56 Å². The summed E-state index contributed by atoms with van der Waals surface area (Å²) < 4.78 is 21.7. The number of benzene rings is 3. The quantitative estimate of drug-likeness (QED) is 0.237. The molecule has 0 heterocycles. The van der Waals surface area contributed by atoms with Crippen LogP contribution in [0.15, 0.2) is 53.6 Å². The zero-order valence-corrected chi connectivity index (χ0v) is 22.8.